The Balaban J connectivity index is -0.0000000260. The van der Waals surface area contributed by atoms with E-state index in [0.717, 1.165) is 0 Å². The topological polar surface area (TPSA) is 0 Å². The third-order valence-corrected chi connectivity index (χ3v) is 1.46. The predicted molar refractivity (Wildman–Crippen MR) is 81.9 cm³/mol. The van der Waals surface area contributed by atoms with Crippen molar-refractivity contribution in [2.75, 3.05) is 0 Å². The van der Waals surface area contributed by atoms with Crippen LogP contribution in [-0.4, -0.2) is 0 Å². The van der Waals surface area contributed by atoms with Crippen LogP contribution in [0.2, 0.25) is 0 Å². The fourth-order valence-corrected chi connectivity index (χ4v) is 0.854. The minimum absolute atomic E-state index is 0. The van der Waals surface area contributed by atoms with E-state index in [9.17, 15) is 0 Å². The number of rotatable bonds is 5. The maximum Gasteiger partial charge on any atom is -0.0533 e. The Morgan fingerprint density at radius 3 is 0.800 bits per heavy atom. The molecule has 0 aliphatic heterocycles. The summed E-state index contributed by atoms with van der Waals surface area (Å²) >= 11 is 0. The van der Waals surface area contributed by atoms with Gasteiger partial charge in [-0.25, -0.2) is 0 Å². The largest absolute Gasteiger partial charge is 0.0776 e. The smallest absolute Gasteiger partial charge is 0.0533 e. The zero-order valence-electron chi connectivity index (χ0n) is 10.2. The molecule has 0 aliphatic carbocycles. The van der Waals surface area contributed by atoms with Crippen LogP contribution in [-0.2, 0) is 0 Å². The van der Waals surface area contributed by atoms with Gasteiger partial charge in [-0.3, -0.25) is 0 Å². The average molecular weight is 223 g/mol. The van der Waals surface area contributed by atoms with Gasteiger partial charge in [0.15, 0.2) is 0 Å². The SMILES string of the molecule is C.C.C.CC.CC.CCCCCCCC. The van der Waals surface area contributed by atoms with E-state index >= 15 is 0 Å². The Labute approximate surface area is 103 Å². The molecule has 0 fully saturated rings. The maximum absolute atomic E-state index is 2.26. The third-order valence-electron chi connectivity index (χ3n) is 1.46. The van der Waals surface area contributed by atoms with Crippen molar-refractivity contribution in [2.45, 2.75) is 102 Å². The first kappa shape index (κ1) is 36.3. The number of hydrogen-bond donors (Lipinski definition) is 0. The van der Waals surface area contributed by atoms with Gasteiger partial charge in [0, 0.05) is 0 Å². The minimum atomic E-state index is 0. The molecule has 0 rings (SSSR count). The maximum atomic E-state index is 2.26. The molecule has 0 radical (unpaired) electrons. The molecule has 0 aliphatic rings. The molecular weight excluding hydrogens is 180 g/mol. The summed E-state index contributed by atoms with van der Waals surface area (Å²) in [5, 5.41) is 0. The van der Waals surface area contributed by atoms with Gasteiger partial charge in [0.05, 0.1) is 0 Å². The lowest BCUT2D eigenvalue weighted by Gasteiger charge is -1.93. The van der Waals surface area contributed by atoms with Crippen molar-refractivity contribution in [3.05, 3.63) is 0 Å². The molecule has 0 aromatic heterocycles. The molecule has 0 aromatic carbocycles. The molecule has 0 amide bonds. The molecule has 0 spiro atoms. The van der Waals surface area contributed by atoms with E-state index in [1.807, 2.05) is 27.7 Å². The van der Waals surface area contributed by atoms with Gasteiger partial charge in [-0.1, -0.05) is 102 Å². The molecule has 0 saturated carbocycles. The van der Waals surface area contributed by atoms with Crippen LogP contribution in [0.15, 0.2) is 0 Å². The molecule has 0 heterocycles. The van der Waals surface area contributed by atoms with Crippen molar-refractivity contribution in [2.24, 2.45) is 0 Å². The summed E-state index contributed by atoms with van der Waals surface area (Å²) in [5.41, 5.74) is 0. The van der Waals surface area contributed by atoms with Gasteiger partial charge in [0.1, 0.15) is 0 Å². The highest BCUT2D eigenvalue weighted by molar-refractivity contribution is 4.39. The second-order valence-electron chi connectivity index (χ2n) is 2.41. The first-order valence-electron chi connectivity index (χ1n) is 5.91. The summed E-state index contributed by atoms with van der Waals surface area (Å²) in [4.78, 5) is 0. The van der Waals surface area contributed by atoms with E-state index in [0.29, 0.717) is 0 Å². The fourth-order valence-electron chi connectivity index (χ4n) is 0.854. The van der Waals surface area contributed by atoms with Crippen LogP contribution in [0.4, 0.5) is 0 Å². The van der Waals surface area contributed by atoms with E-state index < -0.39 is 0 Å². The first-order valence-corrected chi connectivity index (χ1v) is 5.91. The van der Waals surface area contributed by atoms with Crippen molar-refractivity contribution >= 4 is 0 Å². The van der Waals surface area contributed by atoms with E-state index in [2.05, 4.69) is 13.8 Å². The lowest BCUT2D eigenvalue weighted by Crippen LogP contribution is -1.73. The molecule has 0 aromatic rings. The van der Waals surface area contributed by atoms with Gasteiger partial charge < -0.3 is 0 Å². The molecule has 0 heteroatoms. The van der Waals surface area contributed by atoms with Crippen molar-refractivity contribution in [1.29, 1.82) is 0 Å². The van der Waals surface area contributed by atoms with Crippen molar-refractivity contribution < 1.29 is 0 Å². The van der Waals surface area contributed by atoms with Gasteiger partial charge in [-0.05, 0) is 0 Å². The van der Waals surface area contributed by atoms with Crippen LogP contribution in [0.1, 0.15) is 102 Å². The van der Waals surface area contributed by atoms with Crippen LogP contribution in [0, 0.1) is 0 Å². The summed E-state index contributed by atoms with van der Waals surface area (Å²) in [7, 11) is 0. The summed E-state index contributed by atoms with van der Waals surface area (Å²) in [6, 6.07) is 0. The van der Waals surface area contributed by atoms with Gasteiger partial charge in [-0.15, -0.1) is 0 Å². The summed E-state index contributed by atoms with van der Waals surface area (Å²) in [6.07, 6.45) is 8.49. The van der Waals surface area contributed by atoms with Crippen LogP contribution < -0.4 is 0 Å². The average Bonchev–Trinajstić information content (AvgIpc) is 2.19. The fraction of sp³-hybridized carbons (Fsp3) is 1.00. The normalized spacial score (nSPS) is 6.00. The zero-order chi connectivity index (χ0) is 10.2. The second kappa shape index (κ2) is 65.7. The molecule has 15 heavy (non-hydrogen) atoms. The van der Waals surface area contributed by atoms with Gasteiger partial charge >= 0.3 is 0 Å². The molecule has 0 N–H and O–H groups in total. The van der Waals surface area contributed by atoms with Crippen molar-refractivity contribution in [1.82, 2.24) is 0 Å². The highest BCUT2D eigenvalue weighted by atomic mass is 13.9. The monoisotopic (exact) mass is 222 g/mol. The lowest BCUT2D eigenvalue weighted by atomic mass is 10.1. The number of hydrogen-bond acceptors (Lipinski definition) is 0. The summed E-state index contributed by atoms with van der Waals surface area (Å²) in [6.45, 7) is 12.5. The molecule has 0 nitrogen and oxygen atoms in total. The van der Waals surface area contributed by atoms with E-state index in [1.54, 1.807) is 0 Å². The molecule has 0 saturated heterocycles. The minimum Gasteiger partial charge on any atom is -0.0776 e. The summed E-state index contributed by atoms with van der Waals surface area (Å²) < 4.78 is 0. The van der Waals surface area contributed by atoms with Gasteiger partial charge in [0.2, 0.25) is 0 Å². The molecular formula is C15H42. The van der Waals surface area contributed by atoms with Gasteiger partial charge in [0.25, 0.3) is 0 Å². The van der Waals surface area contributed by atoms with Crippen molar-refractivity contribution in [3.8, 4) is 0 Å². The molecule has 0 atom stereocenters. The Morgan fingerprint density at radius 1 is 0.467 bits per heavy atom. The van der Waals surface area contributed by atoms with Crippen molar-refractivity contribution in [3.63, 3.8) is 0 Å². The summed E-state index contributed by atoms with van der Waals surface area (Å²) in [5.74, 6) is 0. The van der Waals surface area contributed by atoms with E-state index in [1.165, 1.54) is 38.5 Å². The zero-order valence-corrected chi connectivity index (χ0v) is 10.2. The van der Waals surface area contributed by atoms with Crippen LogP contribution in [0.25, 0.3) is 0 Å². The van der Waals surface area contributed by atoms with Crippen LogP contribution in [0.5, 0.6) is 0 Å². The predicted octanol–water partition coefficient (Wildman–Crippen LogP) is 7.33. The van der Waals surface area contributed by atoms with Gasteiger partial charge in [-0.2, -0.15) is 0 Å². The van der Waals surface area contributed by atoms with Crippen LogP contribution >= 0.6 is 0 Å². The Hall–Kier alpha value is 0. The van der Waals surface area contributed by atoms with E-state index in [-0.39, 0.29) is 22.3 Å². The lowest BCUT2D eigenvalue weighted by molar-refractivity contribution is 0.624. The molecule has 102 valence electrons. The molecule has 0 bridgehead atoms. The highest BCUT2D eigenvalue weighted by Gasteiger charge is 1.83. The first-order chi connectivity index (χ1) is 5.91. The van der Waals surface area contributed by atoms with E-state index in [4.69, 9.17) is 0 Å². The Bertz CT molecular complexity index is 25.0. The number of unbranched alkanes of at least 4 members (excludes halogenated alkanes) is 5. The Kier molecular flexibility index (Phi) is 159. The highest BCUT2D eigenvalue weighted by Crippen LogP contribution is 2.03. The standard InChI is InChI=1S/C8H18.2C2H6.3CH4/c1-3-5-7-8-6-4-2;2*1-2;;;/h3-8H2,1-2H3;2*1-2H3;3*1H4. The quantitative estimate of drug-likeness (QED) is 0.427. The second-order valence-corrected chi connectivity index (χ2v) is 2.41. The Morgan fingerprint density at radius 2 is 0.667 bits per heavy atom. The van der Waals surface area contributed by atoms with Crippen LogP contribution in [0.3, 0.4) is 0 Å². The molecule has 0 unspecified atom stereocenters. The third kappa shape index (κ3) is 80.6.